The number of aromatic nitrogens is 3. The molecule has 0 spiro atoms. The van der Waals surface area contributed by atoms with Crippen molar-refractivity contribution in [3.63, 3.8) is 0 Å². The number of aliphatic imine (C=N–C) groups is 1. The summed E-state index contributed by atoms with van der Waals surface area (Å²) < 4.78 is 3.01. The largest absolute Gasteiger partial charge is 0.353 e. The molecule has 0 saturated carbocycles. The lowest BCUT2D eigenvalue weighted by Gasteiger charge is -2.14. The summed E-state index contributed by atoms with van der Waals surface area (Å²) in [6.07, 6.45) is 5.15. The zero-order valence-corrected chi connectivity index (χ0v) is 14.0. The van der Waals surface area contributed by atoms with Gasteiger partial charge in [0.1, 0.15) is 0 Å². The van der Waals surface area contributed by atoms with E-state index in [1.165, 1.54) is 27.9 Å². The molecule has 4 nitrogen and oxygen atoms in total. The van der Waals surface area contributed by atoms with E-state index in [0.29, 0.717) is 6.54 Å². The molecule has 0 atom stereocenters. The van der Waals surface area contributed by atoms with Crippen LogP contribution in [0.15, 0.2) is 39.9 Å². The summed E-state index contributed by atoms with van der Waals surface area (Å²) in [7, 11) is 1.96. The van der Waals surface area contributed by atoms with E-state index >= 15 is 0 Å². The predicted octanol–water partition coefficient (Wildman–Crippen LogP) is 3.99. The molecule has 0 amide bonds. The maximum atomic E-state index is 4.86. The van der Waals surface area contributed by atoms with Gasteiger partial charge in [0.05, 0.1) is 23.6 Å². The van der Waals surface area contributed by atoms with Crippen molar-refractivity contribution >= 4 is 32.5 Å². The molecular formula is C17H17BrN4. The molecule has 2 aromatic heterocycles. The maximum absolute atomic E-state index is 4.86. The molecule has 3 aromatic rings. The molecular weight excluding hydrogens is 340 g/mol. The molecule has 1 aliphatic rings. The minimum absolute atomic E-state index is 0.685. The Morgan fingerprint density at radius 3 is 3.05 bits per heavy atom. The smallest absolute Gasteiger partial charge is 0.0812 e. The van der Waals surface area contributed by atoms with E-state index in [2.05, 4.69) is 44.2 Å². The van der Waals surface area contributed by atoms with Gasteiger partial charge in [-0.3, -0.25) is 9.67 Å². The molecule has 0 aliphatic heterocycles. The van der Waals surface area contributed by atoms with Crippen LogP contribution in [0.2, 0.25) is 0 Å². The van der Waals surface area contributed by atoms with Gasteiger partial charge in [-0.25, -0.2) is 0 Å². The SMILES string of the molecule is Cn1nccc1CN=C1CCCc2c1[nH]c1ccc(Br)cc21. The van der Waals surface area contributed by atoms with E-state index < -0.39 is 0 Å². The molecule has 1 aromatic carbocycles. The summed E-state index contributed by atoms with van der Waals surface area (Å²) in [4.78, 5) is 8.42. The lowest BCUT2D eigenvalue weighted by molar-refractivity contribution is 0.710. The van der Waals surface area contributed by atoms with E-state index in [4.69, 9.17) is 4.99 Å². The minimum atomic E-state index is 0.685. The number of rotatable bonds is 2. The van der Waals surface area contributed by atoms with Gasteiger partial charge in [-0.2, -0.15) is 5.10 Å². The molecule has 5 heteroatoms. The van der Waals surface area contributed by atoms with Gasteiger partial charge in [-0.15, -0.1) is 0 Å². The normalized spacial score (nSPS) is 16.4. The van der Waals surface area contributed by atoms with Crippen LogP contribution in [0, 0.1) is 0 Å². The highest BCUT2D eigenvalue weighted by molar-refractivity contribution is 9.10. The van der Waals surface area contributed by atoms with Gasteiger partial charge in [0, 0.05) is 28.6 Å². The molecule has 0 saturated heterocycles. The van der Waals surface area contributed by atoms with Crippen molar-refractivity contribution < 1.29 is 0 Å². The number of H-pyrrole nitrogens is 1. The third kappa shape index (κ3) is 2.29. The van der Waals surface area contributed by atoms with Crippen molar-refractivity contribution in [2.24, 2.45) is 12.0 Å². The van der Waals surface area contributed by atoms with Crippen LogP contribution in [0.25, 0.3) is 10.9 Å². The molecule has 4 rings (SSSR count). The van der Waals surface area contributed by atoms with E-state index in [9.17, 15) is 0 Å². The fraction of sp³-hybridized carbons (Fsp3) is 0.294. The van der Waals surface area contributed by atoms with Crippen molar-refractivity contribution in [1.82, 2.24) is 14.8 Å². The van der Waals surface area contributed by atoms with Crippen LogP contribution in [-0.4, -0.2) is 20.5 Å². The first-order valence-electron chi connectivity index (χ1n) is 7.53. The van der Waals surface area contributed by atoms with Gasteiger partial charge in [-0.1, -0.05) is 15.9 Å². The van der Waals surface area contributed by atoms with E-state index in [1.54, 1.807) is 0 Å². The van der Waals surface area contributed by atoms with E-state index in [0.717, 1.165) is 29.4 Å². The van der Waals surface area contributed by atoms with Crippen LogP contribution in [-0.2, 0) is 20.0 Å². The topological polar surface area (TPSA) is 46.0 Å². The van der Waals surface area contributed by atoms with Crippen molar-refractivity contribution in [2.75, 3.05) is 0 Å². The number of fused-ring (bicyclic) bond motifs is 3. The lowest BCUT2D eigenvalue weighted by atomic mass is 9.94. The van der Waals surface area contributed by atoms with Crippen LogP contribution in [0.1, 0.15) is 29.8 Å². The molecule has 1 N–H and O–H groups in total. The summed E-state index contributed by atoms with van der Waals surface area (Å²) in [5, 5.41) is 5.52. The fourth-order valence-corrected chi connectivity index (χ4v) is 3.54. The lowest BCUT2D eigenvalue weighted by Crippen LogP contribution is -2.12. The quantitative estimate of drug-likeness (QED) is 0.741. The monoisotopic (exact) mass is 356 g/mol. The summed E-state index contributed by atoms with van der Waals surface area (Å²) in [6.45, 7) is 0.685. The van der Waals surface area contributed by atoms with Crippen LogP contribution in [0.5, 0.6) is 0 Å². The predicted molar refractivity (Wildman–Crippen MR) is 92.4 cm³/mol. The molecule has 0 radical (unpaired) electrons. The molecule has 1 aliphatic carbocycles. The number of halogens is 1. The average Bonchev–Trinajstić information content (AvgIpc) is 3.09. The number of hydrogen-bond acceptors (Lipinski definition) is 2. The second kappa shape index (κ2) is 5.39. The highest BCUT2D eigenvalue weighted by atomic mass is 79.9. The molecule has 22 heavy (non-hydrogen) atoms. The highest BCUT2D eigenvalue weighted by Crippen LogP contribution is 2.31. The molecule has 0 unspecified atom stereocenters. The highest BCUT2D eigenvalue weighted by Gasteiger charge is 2.20. The summed E-state index contributed by atoms with van der Waals surface area (Å²) >= 11 is 3.57. The fourth-order valence-electron chi connectivity index (χ4n) is 3.17. The van der Waals surface area contributed by atoms with Crippen LogP contribution < -0.4 is 0 Å². The standard InChI is InChI=1S/C17H17BrN4/c1-22-12(7-8-20-22)10-19-16-4-2-3-13-14-9-11(18)5-6-15(14)21-17(13)16/h5-9,21H,2-4,10H2,1H3. The van der Waals surface area contributed by atoms with E-state index in [1.807, 2.05) is 24.0 Å². The third-order valence-electron chi connectivity index (χ3n) is 4.35. The van der Waals surface area contributed by atoms with Gasteiger partial charge in [0.2, 0.25) is 0 Å². The van der Waals surface area contributed by atoms with Gasteiger partial charge in [-0.05, 0) is 49.1 Å². The number of aryl methyl sites for hydroxylation is 2. The Bertz CT molecular complexity index is 872. The Hall–Kier alpha value is -1.88. The van der Waals surface area contributed by atoms with Crippen LogP contribution in [0.4, 0.5) is 0 Å². The van der Waals surface area contributed by atoms with Crippen LogP contribution >= 0.6 is 15.9 Å². The first-order valence-corrected chi connectivity index (χ1v) is 8.32. The Morgan fingerprint density at radius 1 is 1.32 bits per heavy atom. The third-order valence-corrected chi connectivity index (χ3v) is 4.84. The van der Waals surface area contributed by atoms with Gasteiger partial charge < -0.3 is 4.98 Å². The molecule has 0 bridgehead atoms. The molecule has 112 valence electrons. The van der Waals surface area contributed by atoms with Crippen LogP contribution in [0.3, 0.4) is 0 Å². The first-order chi connectivity index (χ1) is 10.7. The zero-order chi connectivity index (χ0) is 15.1. The number of benzene rings is 1. The average molecular weight is 357 g/mol. The molecule has 2 heterocycles. The maximum Gasteiger partial charge on any atom is 0.0812 e. The number of nitrogens with one attached hydrogen (secondary N) is 1. The molecule has 0 fully saturated rings. The second-order valence-corrected chi connectivity index (χ2v) is 6.65. The minimum Gasteiger partial charge on any atom is -0.353 e. The summed E-state index contributed by atoms with van der Waals surface area (Å²) in [6, 6.07) is 8.44. The Labute approximate surface area is 137 Å². The second-order valence-electron chi connectivity index (χ2n) is 5.73. The first kappa shape index (κ1) is 13.8. The Kier molecular flexibility index (Phi) is 3.37. The van der Waals surface area contributed by atoms with Crippen molar-refractivity contribution in [1.29, 1.82) is 0 Å². The Balaban J connectivity index is 1.75. The Morgan fingerprint density at radius 2 is 2.23 bits per heavy atom. The number of hydrogen-bond donors (Lipinski definition) is 1. The summed E-state index contributed by atoms with van der Waals surface area (Å²) in [5.74, 6) is 0. The van der Waals surface area contributed by atoms with Crippen molar-refractivity contribution in [3.8, 4) is 0 Å². The van der Waals surface area contributed by atoms with Crippen molar-refractivity contribution in [3.05, 3.63) is 51.9 Å². The van der Waals surface area contributed by atoms with E-state index in [-0.39, 0.29) is 0 Å². The van der Waals surface area contributed by atoms with Gasteiger partial charge >= 0.3 is 0 Å². The van der Waals surface area contributed by atoms with Crippen molar-refractivity contribution in [2.45, 2.75) is 25.8 Å². The number of aromatic amines is 1. The van der Waals surface area contributed by atoms with Gasteiger partial charge in [0.25, 0.3) is 0 Å². The zero-order valence-electron chi connectivity index (χ0n) is 12.4. The summed E-state index contributed by atoms with van der Waals surface area (Å²) in [5.41, 5.74) is 6.16. The van der Waals surface area contributed by atoms with Gasteiger partial charge in [0.15, 0.2) is 0 Å². The number of nitrogens with zero attached hydrogens (tertiary/aromatic N) is 3.